The summed E-state index contributed by atoms with van der Waals surface area (Å²) in [7, 11) is -4.17. The second kappa shape index (κ2) is 4.46. The Bertz CT molecular complexity index is 563. The molecule has 1 aromatic rings. The van der Waals surface area contributed by atoms with Crippen molar-refractivity contribution < 1.29 is 21.6 Å². The van der Waals surface area contributed by atoms with Gasteiger partial charge in [0, 0.05) is 6.54 Å². The van der Waals surface area contributed by atoms with E-state index >= 15 is 0 Å². The molecule has 1 fully saturated rings. The van der Waals surface area contributed by atoms with Crippen LogP contribution < -0.4 is 10.5 Å². The molecule has 1 aromatic carbocycles. The predicted molar refractivity (Wildman–Crippen MR) is 62.7 cm³/mol. The van der Waals surface area contributed by atoms with Gasteiger partial charge in [0.2, 0.25) is 10.0 Å². The lowest BCUT2D eigenvalue weighted by Gasteiger charge is -2.20. The molecule has 1 saturated carbocycles. The molecule has 0 unspecified atom stereocenters. The van der Waals surface area contributed by atoms with Crippen molar-refractivity contribution in [2.45, 2.75) is 36.0 Å². The molecule has 0 atom stereocenters. The Morgan fingerprint density at radius 2 is 1.74 bits per heavy atom. The van der Waals surface area contributed by atoms with E-state index in [2.05, 4.69) is 0 Å². The van der Waals surface area contributed by atoms with Crippen LogP contribution in [0.1, 0.15) is 18.4 Å². The third kappa shape index (κ3) is 2.75. The van der Waals surface area contributed by atoms with Gasteiger partial charge >= 0.3 is 6.18 Å². The van der Waals surface area contributed by atoms with E-state index in [-0.39, 0.29) is 24.3 Å². The zero-order valence-electron chi connectivity index (χ0n) is 9.87. The van der Waals surface area contributed by atoms with Gasteiger partial charge in [-0.25, -0.2) is 8.42 Å². The van der Waals surface area contributed by atoms with Gasteiger partial charge in [-0.2, -0.15) is 17.9 Å². The monoisotopic (exact) mass is 294 g/mol. The van der Waals surface area contributed by atoms with Crippen molar-refractivity contribution in [3.63, 3.8) is 0 Å². The smallest absolute Gasteiger partial charge is 0.326 e. The SMILES string of the molecule is NCc1ccc(S(=O)(=O)NC2(C(F)(F)F)CC2)cc1. The second-order valence-corrected chi connectivity index (χ2v) is 6.22. The lowest BCUT2D eigenvalue weighted by molar-refractivity contribution is -0.160. The van der Waals surface area contributed by atoms with Crippen LogP contribution in [-0.2, 0) is 16.6 Å². The Morgan fingerprint density at radius 1 is 1.21 bits per heavy atom. The molecule has 4 nitrogen and oxygen atoms in total. The summed E-state index contributed by atoms with van der Waals surface area (Å²) in [4.78, 5) is -0.194. The summed E-state index contributed by atoms with van der Waals surface area (Å²) in [5.74, 6) is 0. The largest absolute Gasteiger partial charge is 0.407 e. The average Bonchev–Trinajstić information content (AvgIpc) is 3.09. The van der Waals surface area contributed by atoms with Crippen LogP contribution in [0.25, 0.3) is 0 Å². The van der Waals surface area contributed by atoms with Crippen molar-refractivity contribution in [1.29, 1.82) is 0 Å². The van der Waals surface area contributed by atoms with Crippen LogP contribution in [-0.4, -0.2) is 20.1 Å². The molecule has 0 saturated heterocycles. The number of rotatable bonds is 4. The van der Waals surface area contributed by atoms with E-state index in [1.54, 1.807) is 4.72 Å². The molecule has 1 aliphatic carbocycles. The van der Waals surface area contributed by atoms with Gasteiger partial charge in [0.15, 0.2) is 0 Å². The van der Waals surface area contributed by atoms with E-state index in [0.717, 1.165) is 0 Å². The maximum Gasteiger partial charge on any atom is 0.407 e. The van der Waals surface area contributed by atoms with Crippen molar-refractivity contribution in [2.75, 3.05) is 0 Å². The minimum Gasteiger partial charge on any atom is -0.326 e. The van der Waals surface area contributed by atoms with Crippen LogP contribution in [0.3, 0.4) is 0 Å². The van der Waals surface area contributed by atoms with Gasteiger partial charge in [0.25, 0.3) is 0 Å². The first-order valence-corrected chi connectivity index (χ1v) is 7.08. The molecule has 8 heteroatoms. The van der Waals surface area contributed by atoms with E-state index in [1.807, 2.05) is 0 Å². The summed E-state index contributed by atoms with van der Waals surface area (Å²) in [6.45, 7) is 0.236. The predicted octanol–water partition coefficient (Wildman–Crippen LogP) is 1.52. The molecule has 0 bridgehead atoms. The van der Waals surface area contributed by atoms with Crippen molar-refractivity contribution in [3.05, 3.63) is 29.8 Å². The van der Waals surface area contributed by atoms with Gasteiger partial charge in [-0.05, 0) is 30.5 Å². The van der Waals surface area contributed by atoms with Gasteiger partial charge in [-0.1, -0.05) is 12.1 Å². The third-order valence-electron chi connectivity index (χ3n) is 3.09. The number of benzene rings is 1. The summed E-state index contributed by atoms with van der Waals surface area (Å²) >= 11 is 0. The highest BCUT2D eigenvalue weighted by molar-refractivity contribution is 7.89. The summed E-state index contributed by atoms with van der Waals surface area (Å²) in [5.41, 5.74) is 3.78. The van der Waals surface area contributed by atoms with Gasteiger partial charge in [-0.15, -0.1) is 0 Å². The van der Waals surface area contributed by atoms with Gasteiger partial charge in [-0.3, -0.25) is 0 Å². The summed E-state index contributed by atoms with van der Waals surface area (Å²) in [6, 6.07) is 5.44. The molecule has 2 rings (SSSR count). The molecule has 0 radical (unpaired) electrons. The molecule has 1 aliphatic rings. The van der Waals surface area contributed by atoms with Crippen LogP contribution in [0.4, 0.5) is 13.2 Å². The Labute approximate surface area is 108 Å². The fourth-order valence-electron chi connectivity index (χ4n) is 1.69. The molecule has 0 amide bonds. The zero-order chi connectivity index (χ0) is 14.3. The number of hydrogen-bond donors (Lipinski definition) is 2. The first kappa shape index (κ1) is 14.3. The van der Waals surface area contributed by atoms with Gasteiger partial charge in [0.1, 0.15) is 5.54 Å². The van der Waals surface area contributed by atoms with E-state index in [1.165, 1.54) is 24.3 Å². The minimum atomic E-state index is -4.57. The summed E-state index contributed by atoms with van der Waals surface area (Å²) < 4.78 is 63.7. The normalized spacial score (nSPS) is 18.3. The highest BCUT2D eigenvalue weighted by Crippen LogP contribution is 2.49. The van der Waals surface area contributed by atoms with Crippen molar-refractivity contribution in [2.24, 2.45) is 5.73 Å². The Hall–Kier alpha value is -1.12. The van der Waals surface area contributed by atoms with E-state index in [9.17, 15) is 21.6 Å². The topological polar surface area (TPSA) is 72.2 Å². The number of hydrogen-bond acceptors (Lipinski definition) is 3. The third-order valence-corrected chi connectivity index (χ3v) is 4.64. The number of sulfonamides is 1. The van der Waals surface area contributed by atoms with Crippen molar-refractivity contribution >= 4 is 10.0 Å². The Balaban J connectivity index is 2.23. The fourth-order valence-corrected chi connectivity index (χ4v) is 3.14. The van der Waals surface area contributed by atoms with Crippen LogP contribution in [0, 0.1) is 0 Å². The molecule has 3 N–H and O–H groups in total. The maximum atomic E-state index is 12.7. The van der Waals surface area contributed by atoms with Gasteiger partial charge < -0.3 is 5.73 Å². The molecule has 0 heterocycles. The first-order chi connectivity index (χ1) is 8.70. The number of nitrogens with one attached hydrogen (secondary N) is 1. The lowest BCUT2D eigenvalue weighted by Crippen LogP contribution is -2.47. The number of alkyl halides is 3. The van der Waals surface area contributed by atoms with E-state index in [0.29, 0.717) is 5.56 Å². The quantitative estimate of drug-likeness (QED) is 0.884. The zero-order valence-corrected chi connectivity index (χ0v) is 10.7. The number of nitrogens with two attached hydrogens (primary N) is 1. The molecular formula is C11H13F3N2O2S. The number of halogens is 3. The molecule has 0 aromatic heterocycles. The second-order valence-electron chi connectivity index (χ2n) is 4.53. The lowest BCUT2D eigenvalue weighted by atomic mass is 10.2. The molecule has 19 heavy (non-hydrogen) atoms. The molecule has 0 spiro atoms. The van der Waals surface area contributed by atoms with Crippen LogP contribution >= 0.6 is 0 Å². The van der Waals surface area contributed by atoms with E-state index in [4.69, 9.17) is 5.73 Å². The molecular weight excluding hydrogens is 281 g/mol. The Morgan fingerprint density at radius 3 is 2.11 bits per heavy atom. The average molecular weight is 294 g/mol. The highest BCUT2D eigenvalue weighted by Gasteiger charge is 2.65. The fraction of sp³-hybridized carbons (Fsp3) is 0.455. The van der Waals surface area contributed by atoms with E-state index < -0.39 is 21.7 Å². The summed E-state index contributed by atoms with van der Waals surface area (Å²) in [5, 5.41) is 0. The van der Waals surface area contributed by atoms with Crippen LogP contribution in [0.15, 0.2) is 29.2 Å². The van der Waals surface area contributed by atoms with Crippen molar-refractivity contribution in [3.8, 4) is 0 Å². The molecule has 106 valence electrons. The van der Waals surface area contributed by atoms with Gasteiger partial charge in [0.05, 0.1) is 4.90 Å². The highest BCUT2D eigenvalue weighted by atomic mass is 32.2. The first-order valence-electron chi connectivity index (χ1n) is 5.60. The molecule has 0 aliphatic heterocycles. The maximum absolute atomic E-state index is 12.7. The minimum absolute atomic E-state index is 0.194. The standard InChI is InChI=1S/C11H13F3N2O2S/c12-11(13,14)10(5-6-10)16-19(17,18)9-3-1-8(7-15)2-4-9/h1-4,16H,5-7,15H2. The Kier molecular flexibility index (Phi) is 3.36. The summed E-state index contributed by atoms with van der Waals surface area (Å²) in [6.07, 6.45) is -5.02. The van der Waals surface area contributed by atoms with Crippen molar-refractivity contribution in [1.82, 2.24) is 4.72 Å². The van der Waals surface area contributed by atoms with Crippen LogP contribution in [0.2, 0.25) is 0 Å². The van der Waals surface area contributed by atoms with Crippen LogP contribution in [0.5, 0.6) is 0 Å².